The quantitative estimate of drug-likeness (QED) is 0.681. The van der Waals surface area contributed by atoms with E-state index in [-0.39, 0.29) is 5.91 Å². The SMILES string of the molecule is Cc1ccccc1OCCN(C)C(=O)CCc1c(C)nn(CCC#N)c1C. The number of rotatable bonds is 9. The van der Waals surface area contributed by atoms with Crippen LogP contribution in [0.25, 0.3) is 0 Å². The highest BCUT2D eigenvalue weighted by atomic mass is 16.5. The molecule has 1 aromatic carbocycles. The highest BCUT2D eigenvalue weighted by molar-refractivity contribution is 5.76. The van der Waals surface area contributed by atoms with E-state index in [0.717, 1.165) is 28.3 Å². The Hall–Kier alpha value is -2.81. The van der Waals surface area contributed by atoms with E-state index < -0.39 is 0 Å². The van der Waals surface area contributed by atoms with Crippen LogP contribution in [0.2, 0.25) is 0 Å². The van der Waals surface area contributed by atoms with E-state index in [4.69, 9.17) is 10.00 Å². The number of aromatic nitrogens is 2. The molecule has 0 saturated heterocycles. The van der Waals surface area contributed by atoms with Gasteiger partial charge in [-0.1, -0.05) is 18.2 Å². The van der Waals surface area contributed by atoms with Crippen molar-refractivity contribution in [3.8, 4) is 11.8 Å². The molecular weight excluding hydrogens is 340 g/mol. The van der Waals surface area contributed by atoms with Crippen LogP contribution in [0.5, 0.6) is 5.75 Å². The third-order valence-electron chi connectivity index (χ3n) is 4.76. The molecule has 0 aliphatic carbocycles. The second-order valence-corrected chi connectivity index (χ2v) is 6.71. The van der Waals surface area contributed by atoms with Crippen LogP contribution in [-0.4, -0.2) is 40.8 Å². The first-order valence-electron chi connectivity index (χ1n) is 9.26. The molecule has 0 radical (unpaired) electrons. The maximum Gasteiger partial charge on any atom is 0.222 e. The molecule has 2 rings (SSSR count). The molecule has 0 saturated carbocycles. The van der Waals surface area contributed by atoms with Crippen LogP contribution in [-0.2, 0) is 17.8 Å². The van der Waals surface area contributed by atoms with E-state index in [2.05, 4.69) is 11.2 Å². The van der Waals surface area contributed by atoms with Crippen LogP contribution < -0.4 is 4.74 Å². The number of para-hydroxylation sites is 1. The fraction of sp³-hybridized carbons (Fsp3) is 0.476. The Balaban J connectivity index is 1.82. The van der Waals surface area contributed by atoms with E-state index in [1.807, 2.05) is 49.7 Å². The van der Waals surface area contributed by atoms with E-state index >= 15 is 0 Å². The van der Waals surface area contributed by atoms with Crippen LogP contribution in [0.15, 0.2) is 24.3 Å². The van der Waals surface area contributed by atoms with Gasteiger partial charge in [0.2, 0.25) is 5.91 Å². The van der Waals surface area contributed by atoms with Crippen LogP contribution in [0.1, 0.15) is 35.4 Å². The summed E-state index contributed by atoms with van der Waals surface area (Å²) >= 11 is 0. The first kappa shape index (κ1) is 20.5. The molecular formula is C21H28N4O2. The summed E-state index contributed by atoms with van der Waals surface area (Å²) in [6, 6.07) is 10.0. The van der Waals surface area contributed by atoms with Gasteiger partial charge in [0.05, 0.1) is 31.3 Å². The number of carbonyl (C=O) groups excluding carboxylic acids is 1. The standard InChI is InChI=1S/C21H28N4O2/c1-16-8-5-6-9-20(16)27-15-14-24(4)21(26)11-10-19-17(2)23-25(18(19)3)13-7-12-22/h5-6,8-9H,7,10-11,13-15H2,1-4H3. The van der Waals surface area contributed by atoms with Crippen molar-refractivity contribution in [2.75, 3.05) is 20.2 Å². The molecule has 0 aliphatic rings. The first-order valence-corrected chi connectivity index (χ1v) is 9.26. The van der Waals surface area contributed by atoms with Crippen LogP contribution in [0.4, 0.5) is 0 Å². The summed E-state index contributed by atoms with van der Waals surface area (Å²) < 4.78 is 7.63. The van der Waals surface area contributed by atoms with Gasteiger partial charge in [0, 0.05) is 19.2 Å². The Morgan fingerprint density at radius 2 is 2.04 bits per heavy atom. The highest BCUT2D eigenvalue weighted by Gasteiger charge is 2.15. The van der Waals surface area contributed by atoms with Gasteiger partial charge >= 0.3 is 0 Å². The number of nitriles is 1. The molecule has 1 aromatic heterocycles. The van der Waals surface area contributed by atoms with Crippen molar-refractivity contribution in [3.05, 3.63) is 46.8 Å². The predicted molar refractivity (Wildman–Crippen MR) is 105 cm³/mol. The second kappa shape index (κ2) is 9.77. The summed E-state index contributed by atoms with van der Waals surface area (Å²) in [7, 11) is 1.81. The second-order valence-electron chi connectivity index (χ2n) is 6.71. The molecule has 0 N–H and O–H groups in total. The van der Waals surface area contributed by atoms with Gasteiger partial charge in [-0.2, -0.15) is 10.4 Å². The van der Waals surface area contributed by atoms with Crippen LogP contribution in [0, 0.1) is 32.1 Å². The molecule has 2 aromatic rings. The van der Waals surface area contributed by atoms with Crippen molar-refractivity contribution in [1.82, 2.24) is 14.7 Å². The topological polar surface area (TPSA) is 71.2 Å². The van der Waals surface area contributed by atoms with Gasteiger partial charge in [-0.25, -0.2) is 0 Å². The lowest BCUT2D eigenvalue weighted by atomic mass is 10.1. The van der Waals surface area contributed by atoms with Gasteiger partial charge in [-0.15, -0.1) is 0 Å². The summed E-state index contributed by atoms with van der Waals surface area (Å²) in [4.78, 5) is 14.1. The minimum Gasteiger partial charge on any atom is -0.491 e. The van der Waals surface area contributed by atoms with Gasteiger partial charge < -0.3 is 9.64 Å². The lowest BCUT2D eigenvalue weighted by Gasteiger charge is -2.18. The zero-order valence-electron chi connectivity index (χ0n) is 16.7. The number of nitrogens with zero attached hydrogens (tertiary/aromatic N) is 4. The number of ether oxygens (including phenoxy) is 1. The third kappa shape index (κ3) is 5.58. The van der Waals surface area contributed by atoms with Crippen LogP contribution in [0.3, 0.4) is 0 Å². The molecule has 6 nitrogen and oxygen atoms in total. The molecule has 0 fully saturated rings. The average molecular weight is 368 g/mol. The van der Waals surface area contributed by atoms with Crippen molar-refractivity contribution < 1.29 is 9.53 Å². The molecule has 1 heterocycles. The van der Waals surface area contributed by atoms with Crippen molar-refractivity contribution in [2.24, 2.45) is 0 Å². The van der Waals surface area contributed by atoms with Crippen molar-refractivity contribution in [2.45, 2.75) is 46.6 Å². The van der Waals surface area contributed by atoms with Gasteiger partial charge in [0.25, 0.3) is 0 Å². The van der Waals surface area contributed by atoms with Crippen molar-refractivity contribution in [3.63, 3.8) is 0 Å². The Morgan fingerprint density at radius 1 is 1.30 bits per heavy atom. The average Bonchev–Trinajstić information content (AvgIpc) is 2.92. The number of aryl methyl sites for hydroxylation is 3. The number of carbonyl (C=O) groups is 1. The van der Waals surface area contributed by atoms with Crippen molar-refractivity contribution >= 4 is 5.91 Å². The zero-order valence-corrected chi connectivity index (χ0v) is 16.7. The molecule has 1 amide bonds. The van der Waals surface area contributed by atoms with E-state index in [1.54, 1.807) is 11.9 Å². The molecule has 0 aliphatic heterocycles. The molecule has 0 unspecified atom stereocenters. The summed E-state index contributed by atoms with van der Waals surface area (Å²) in [5, 5.41) is 13.2. The number of hydrogen-bond donors (Lipinski definition) is 0. The number of benzene rings is 1. The molecule has 6 heteroatoms. The Bertz CT molecular complexity index is 820. The summed E-state index contributed by atoms with van der Waals surface area (Å²) in [6.07, 6.45) is 1.53. The molecule has 144 valence electrons. The Labute approximate surface area is 161 Å². The number of hydrogen-bond acceptors (Lipinski definition) is 4. The lowest BCUT2D eigenvalue weighted by Crippen LogP contribution is -2.31. The van der Waals surface area contributed by atoms with Gasteiger partial charge in [0.15, 0.2) is 0 Å². The van der Waals surface area contributed by atoms with Crippen molar-refractivity contribution in [1.29, 1.82) is 5.26 Å². The largest absolute Gasteiger partial charge is 0.491 e. The third-order valence-corrected chi connectivity index (χ3v) is 4.76. The minimum atomic E-state index is 0.0898. The maximum atomic E-state index is 12.4. The predicted octanol–water partition coefficient (Wildman–Crippen LogP) is 3.19. The molecule has 0 atom stereocenters. The van der Waals surface area contributed by atoms with Gasteiger partial charge in [0.1, 0.15) is 12.4 Å². The monoisotopic (exact) mass is 368 g/mol. The van der Waals surface area contributed by atoms with Crippen LogP contribution >= 0.6 is 0 Å². The van der Waals surface area contributed by atoms with E-state index in [0.29, 0.717) is 39.0 Å². The van der Waals surface area contributed by atoms with E-state index in [1.165, 1.54) is 0 Å². The zero-order chi connectivity index (χ0) is 19.8. The van der Waals surface area contributed by atoms with Gasteiger partial charge in [-0.3, -0.25) is 9.48 Å². The first-order chi connectivity index (χ1) is 12.9. The molecule has 0 spiro atoms. The normalized spacial score (nSPS) is 10.5. The fourth-order valence-electron chi connectivity index (χ4n) is 3.03. The Morgan fingerprint density at radius 3 is 2.74 bits per heavy atom. The minimum absolute atomic E-state index is 0.0898. The summed E-state index contributed by atoms with van der Waals surface area (Å²) in [6.45, 7) is 7.56. The lowest BCUT2D eigenvalue weighted by molar-refractivity contribution is -0.130. The Kier molecular flexibility index (Phi) is 7.42. The van der Waals surface area contributed by atoms with E-state index in [9.17, 15) is 4.79 Å². The smallest absolute Gasteiger partial charge is 0.222 e. The summed E-state index contributed by atoms with van der Waals surface area (Å²) in [5.74, 6) is 0.946. The van der Waals surface area contributed by atoms with Gasteiger partial charge in [-0.05, 0) is 44.4 Å². The molecule has 27 heavy (non-hydrogen) atoms. The maximum absolute atomic E-state index is 12.4. The fourth-order valence-corrected chi connectivity index (χ4v) is 3.03. The molecule has 0 bridgehead atoms. The number of amides is 1. The highest BCUT2D eigenvalue weighted by Crippen LogP contribution is 2.17. The number of likely N-dealkylation sites (N-methyl/N-ethyl adjacent to an activating group) is 1. The summed E-state index contributed by atoms with van der Waals surface area (Å²) in [5.41, 5.74) is 4.17.